The van der Waals surface area contributed by atoms with Gasteiger partial charge in [0.1, 0.15) is 9.48 Å². The number of hydrogen-bond acceptors (Lipinski definition) is 5. The Hall–Kier alpha value is -1.00. The number of alkyl halides is 3. The van der Waals surface area contributed by atoms with Gasteiger partial charge in [0.2, 0.25) is 4.96 Å². The Kier molecular flexibility index (Phi) is 3.43. The lowest BCUT2D eigenvalue weighted by molar-refractivity contribution is -0.141. The number of methoxy groups -OCH3 is 1. The second kappa shape index (κ2) is 4.59. The summed E-state index contributed by atoms with van der Waals surface area (Å²) in [6.45, 7) is 0.104. The molecular weight excluding hydrogens is 339 g/mol. The van der Waals surface area contributed by atoms with Crippen LogP contribution in [0.5, 0.6) is 0 Å². The van der Waals surface area contributed by atoms with Gasteiger partial charge in [0.25, 0.3) is 5.56 Å². The van der Waals surface area contributed by atoms with E-state index in [0.717, 1.165) is 15.9 Å². The van der Waals surface area contributed by atoms with Crippen LogP contribution in [0.3, 0.4) is 0 Å². The lowest BCUT2D eigenvalue weighted by Gasteiger charge is -2.06. The van der Waals surface area contributed by atoms with Gasteiger partial charge >= 0.3 is 6.18 Å². The maximum atomic E-state index is 12.6. The molecule has 2 aromatic rings. The van der Waals surface area contributed by atoms with Crippen molar-refractivity contribution in [1.29, 1.82) is 0 Å². The van der Waals surface area contributed by atoms with Gasteiger partial charge < -0.3 is 4.74 Å². The van der Waals surface area contributed by atoms with E-state index in [1.807, 2.05) is 0 Å². The molecule has 10 heteroatoms. The van der Waals surface area contributed by atoms with E-state index in [4.69, 9.17) is 4.74 Å². The van der Waals surface area contributed by atoms with Crippen molar-refractivity contribution in [3.05, 3.63) is 25.5 Å². The zero-order valence-electron chi connectivity index (χ0n) is 8.79. The number of ether oxygens (including phenoxy) is 1. The average Bonchev–Trinajstić information content (AvgIpc) is 2.65. The topological polar surface area (TPSA) is 56.5 Å². The molecule has 0 fully saturated rings. The molecule has 98 valence electrons. The van der Waals surface area contributed by atoms with E-state index in [9.17, 15) is 18.0 Å². The summed E-state index contributed by atoms with van der Waals surface area (Å²) in [5, 5.41) is 4.19. The Morgan fingerprint density at radius 3 is 2.72 bits per heavy atom. The Balaban J connectivity index is 2.72. The van der Waals surface area contributed by atoms with Crippen molar-refractivity contribution in [2.45, 2.75) is 12.8 Å². The SMILES string of the molecule is COCc1nn2c(=O)c(Br)c(C(F)(F)F)nc2s1. The summed E-state index contributed by atoms with van der Waals surface area (Å²) in [4.78, 5) is 15.0. The van der Waals surface area contributed by atoms with Crippen molar-refractivity contribution < 1.29 is 17.9 Å². The van der Waals surface area contributed by atoms with E-state index in [-0.39, 0.29) is 11.6 Å². The third-order valence-electron chi connectivity index (χ3n) is 1.93. The van der Waals surface area contributed by atoms with Crippen molar-refractivity contribution in [2.24, 2.45) is 0 Å². The summed E-state index contributed by atoms with van der Waals surface area (Å²) < 4.78 is 42.9. The van der Waals surface area contributed by atoms with Crippen molar-refractivity contribution in [1.82, 2.24) is 14.6 Å². The summed E-state index contributed by atoms with van der Waals surface area (Å²) >= 11 is 3.47. The van der Waals surface area contributed by atoms with Crippen molar-refractivity contribution in [2.75, 3.05) is 7.11 Å². The van der Waals surface area contributed by atoms with Gasteiger partial charge in [0.15, 0.2) is 5.69 Å². The molecule has 0 radical (unpaired) electrons. The fraction of sp³-hybridized carbons (Fsp3) is 0.375. The normalized spacial score (nSPS) is 12.3. The van der Waals surface area contributed by atoms with E-state index < -0.39 is 21.9 Å². The highest BCUT2D eigenvalue weighted by Crippen LogP contribution is 2.32. The summed E-state index contributed by atoms with van der Waals surface area (Å²) in [5.41, 5.74) is -2.15. The van der Waals surface area contributed by atoms with Gasteiger partial charge in [-0.1, -0.05) is 11.3 Å². The first-order valence-electron chi connectivity index (χ1n) is 4.49. The van der Waals surface area contributed by atoms with Crippen molar-refractivity contribution >= 4 is 32.2 Å². The molecular formula is C8H5BrF3N3O2S. The van der Waals surface area contributed by atoms with Crippen LogP contribution in [0.4, 0.5) is 13.2 Å². The summed E-state index contributed by atoms with van der Waals surface area (Å²) in [6, 6.07) is 0. The minimum atomic E-state index is -4.70. The quantitative estimate of drug-likeness (QED) is 0.837. The Labute approximate surface area is 110 Å². The van der Waals surface area contributed by atoms with Gasteiger partial charge in [0.05, 0.1) is 6.61 Å². The summed E-state index contributed by atoms with van der Waals surface area (Å²) in [7, 11) is 1.42. The minimum Gasteiger partial charge on any atom is -0.377 e. The molecule has 0 N–H and O–H groups in total. The van der Waals surface area contributed by atoms with Gasteiger partial charge in [-0.3, -0.25) is 4.79 Å². The van der Waals surface area contributed by atoms with Crippen LogP contribution in [-0.2, 0) is 17.5 Å². The molecule has 2 heterocycles. The van der Waals surface area contributed by atoms with Crippen LogP contribution in [0.15, 0.2) is 9.27 Å². The molecule has 0 aliphatic carbocycles. The molecule has 0 amide bonds. The van der Waals surface area contributed by atoms with Gasteiger partial charge in [-0.2, -0.15) is 22.8 Å². The number of hydrogen-bond donors (Lipinski definition) is 0. The van der Waals surface area contributed by atoms with Crippen LogP contribution in [0.25, 0.3) is 4.96 Å². The van der Waals surface area contributed by atoms with E-state index in [2.05, 4.69) is 26.0 Å². The molecule has 0 spiro atoms. The van der Waals surface area contributed by atoms with Gasteiger partial charge in [-0.05, 0) is 15.9 Å². The van der Waals surface area contributed by atoms with Crippen LogP contribution in [0.1, 0.15) is 10.7 Å². The number of halogens is 4. The van der Waals surface area contributed by atoms with Crippen LogP contribution >= 0.6 is 27.3 Å². The molecule has 0 aliphatic heterocycles. The maximum Gasteiger partial charge on any atom is 0.434 e. The summed E-state index contributed by atoms with van der Waals surface area (Å²) in [5.74, 6) is 0. The highest BCUT2D eigenvalue weighted by Gasteiger charge is 2.37. The lowest BCUT2D eigenvalue weighted by Crippen LogP contribution is -2.22. The average molecular weight is 344 g/mol. The molecule has 2 aromatic heterocycles. The number of rotatable bonds is 2. The van der Waals surface area contributed by atoms with E-state index >= 15 is 0 Å². The van der Waals surface area contributed by atoms with Crippen LogP contribution in [-0.4, -0.2) is 21.7 Å². The molecule has 0 saturated carbocycles. The first kappa shape index (κ1) is 13.4. The highest BCUT2D eigenvalue weighted by molar-refractivity contribution is 9.10. The Bertz CT molecular complexity index is 651. The second-order valence-electron chi connectivity index (χ2n) is 3.20. The molecule has 0 bridgehead atoms. The van der Waals surface area contributed by atoms with E-state index in [1.54, 1.807) is 0 Å². The third-order valence-corrected chi connectivity index (χ3v) is 3.53. The molecule has 5 nitrogen and oxygen atoms in total. The molecule has 0 unspecified atom stereocenters. The maximum absolute atomic E-state index is 12.6. The predicted molar refractivity (Wildman–Crippen MR) is 60.5 cm³/mol. The largest absolute Gasteiger partial charge is 0.434 e. The molecule has 0 saturated heterocycles. The lowest BCUT2D eigenvalue weighted by atomic mass is 10.4. The molecule has 0 aliphatic rings. The molecule has 0 aromatic carbocycles. The fourth-order valence-corrected chi connectivity index (χ4v) is 2.57. The van der Waals surface area contributed by atoms with Crippen molar-refractivity contribution in [3.8, 4) is 0 Å². The predicted octanol–water partition coefficient (Wildman–Crippen LogP) is 2.08. The van der Waals surface area contributed by atoms with E-state index in [0.29, 0.717) is 5.01 Å². The van der Waals surface area contributed by atoms with Gasteiger partial charge in [0, 0.05) is 7.11 Å². The van der Waals surface area contributed by atoms with Gasteiger partial charge in [-0.25, -0.2) is 4.98 Å². The minimum absolute atomic E-state index is 0.104. The number of aromatic nitrogens is 3. The first-order valence-corrected chi connectivity index (χ1v) is 6.10. The first-order chi connectivity index (χ1) is 8.34. The van der Waals surface area contributed by atoms with Crippen LogP contribution in [0, 0.1) is 0 Å². The summed E-state index contributed by atoms with van der Waals surface area (Å²) in [6.07, 6.45) is -4.70. The molecule has 18 heavy (non-hydrogen) atoms. The molecule has 2 rings (SSSR count). The smallest absolute Gasteiger partial charge is 0.377 e. The fourth-order valence-electron chi connectivity index (χ4n) is 1.23. The third kappa shape index (κ3) is 2.27. The second-order valence-corrected chi connectivity index (χ2v) is 5.03. The number of nitrogens with zero attached hydrogens (tertiary/aromatic N) is 3. The Morgan fingerprint density at radius 2 is 2.17 bits per heavy atom. The zero-order valence-corrected chi connectivity index (χ0v) is 11.2. The monoisotopic (exact) mass is 343 g/mol. The van der Waals surface area contributed by atoms with Crippen LogP contribution < -0.4 is 5.56 Å². The van der Waals surface area contributed by atoms with Crippen LogP contribution in [0.2, 0.25) is 0 Å². The Morgan fingerprint density at radius 1 is 1.50 bits per heavy atom. The van der Waals surface area contributed by atoms with E-state index in [1.165, 1.54) is 7.11 Å². The highest BCUT2D eigenvalue weighted by atomic mass is 79.9. The molecule has 0 atom stereocenters. The standard InChI is InChI=1S/C8H5BrF3N3O2S/c1-17-2-3-14-15-6(16)4(9)5(8(10,11)12)13-7(15)18-3/h2H2,1H3. The van der Waals surface area contributed by atoms with Crippen molar-refractivity contribution in [3.63, 3.8) is 0 Å². The number of fused-ring (bicyclic) bond motifs is 1. The van der Waals surface area contributed by atoms with Gasteiger partial charge in [-0.15, -0.1) is 0 Å². The zero-order chi connectivity index (χ0) is 13.5.